The van der Waals surface area contributed by atoms with Crippen LogP contribution >= 0.6 is 11.6 Å². The Morgan fingerprint density at radius 3 is 2.77 bits per heavy atom. The van der Waals surface area contributed by atoms with Gasteiger partial charge < -0.3 is 10.4 Å². The van der Waals surface area contributed by atoms with E-state index in [1.54, 1.807) is 0 Å². The minimum Gasteiger partial charge on any atom is -0.478 e. The minimum absolute atomic E-state index is 0.0281. The van der Waals surface area contributed by atoms with Crippen LogP contribution in [-0.4, -0.2) is 17.5 Å². The molecule has 0 aliphatic carbocycles. The highest BCUT2D eigenvalue weighted by atomic mass is 35.5. The molecule has 0 spiro atoms. The molecule has 1 amide bonds. The van der Waals surface area contributed by atoms with Gasteiger partial charge in [0.1, 0.15) is 0 Å². The average molecular weight is 200 g/mol. The number of halogens is 1. The van der Waals surface area contributed by atoms with E-state index < -0.39 is 5.97 Å². The number of anilines is 1. The number of hydrogen-bond donors (Lipinski definition) is 2. The van der Waals surface area contributed by atoms with Crippen molar-refractivity contribution in [1.29, 1.82) is 0 Å². The molecule has 0 aromatic heterocycles. The molecule has 5 heteroatoms. The Hall–Kier alpha value is -1.55. The first kappa shape index (κ1) is 9.54. The van der Waals surface area contributed by atoms with Crippen molar-refractivity contribution in [2.75, 3.05) is 5.32 Å². The van der Waals surface area contributed by atoms with E-state index in [0.717, 1.165) is 0 Å². The van der Waals surface area contributed by atoms with Crippen LogP contribution < -0.4 is 5.32 Å². The molecular weight excluding hydrogens is 194 g/mol. The van der Waals surface area contributed by atoms with Crippen LogP contribution in [0.1, 0.15) is 10.4 Å². The smallest absolute Gasteiger partial charge is 0.337 e. The Bertz CT molecular complexity index is 351. The highest BCUT2D eigenvalue weighted by molar-refractivity contribution is 6.31. The monoisotopic (exact) mass is 199 g/mol. The molecular formula is C8H6ClNO3. The third kappa shape index (κ3) is 2.19. The Balaban J connectivity index is 3.17. The molecule has 2 N–H and O–H groups in total. The van der Waals surface area contributed by atoms with Crippen LogP contribution in [0.2, 0.25) is 5.02 Å². The predicted octanol–water partition coefficient (Wildman–Crippen LogP) is 1.61. The van der Waals surface area contributed by atoms with Crippen LogP contribution in [0.25, 0.3) is 0 Å². The lowest BCUT2D eigenvalue weighted by Gasteiger charge is -2.03. The maximum absolute atomic E-state index is 10.6. The number of aromatic carboxylic acids is 1. The molecule has 68 valence electrons. The van der Waals surface area contributed by atoms with Gasteiger partial charge in [-0.3, -0.25) is 4.79 Å². The highest BCUT2D eigenvalue weighted by Gasteiger charge is 2.09. The number of rotatable bonds is 3. The van der Waals surface area contributed by atoms with Gasteiger partial charge in [-0.1, -0.05) is 11.6 Å². The summed E-state index contributed by atoms with van der Waals surface area (Å²) in [5.74, 6) is -1.13. The predicted molar refractivity (Wildman–Crippen MR) is 48.1 cm³/mol. The van der Waals surface area contributed by atoms with Gasteiger partial charge in [0.05, 0.1) is 11.3 Å². The maximum Gasteiger partial charge on any atom is 0.337 e. The molecule has 0 aliphatic rings. The van der Waals surface area contributed by atoms with Crippen molar-refractivity contribution >= 4 is 29.7 Å². The molecule has 0 radical (unpaired) electrons. The van der Waals surface area contributed by atoms with E-state index in [0.29, 0.717) is 11.4 Å². The second-order valence-corrected chi connectivity index (χ2v) is 2.69. The lowest BCUT2D eigenvalue weighted by atomic mass is 10.2. The number of nitrogens with one attached hydrogen (secondary N) is 1. The van der Waals surface area contributed by atoms with Gasteiger partial charge in [-0.25, -0.2) is 4.79 Å². The zero-order valence-electron chi connectivity index (χ0n) is 6.45. The fourth-order valence-corrected chi connectivity index (χ4v) is 1.05. The van der Waals surface area contributed by atoms with Crippen molar-refractivity contribution in [3.63, 3.8) is 0 Å². The van der Waals surface area contributed by atoms with Gasteiger partial charge in [-0.05, 0) is 18.2 Å². The number of carbonyl (C=O) groups excluding carboxylic acids is 1. The summed E-state index contributed by atoms with van der Waals surface area (Å²) in [7, 11) is 0. The average Bonchev–Trinajstić information content (AvgIpc) is 2.08. The zero-order chi connectivity index (χ0) is 9.84. The summed E-state index contributed by atoms with van der Waals surface area (Å²) < 4.78 is 0. The summed E-state index contributed by atoms with van der Waals surface area (Å²) >= 11 is 5.58. The molecule has 1 aromatic carbocycles. The van der Waals surface area contributed by atoms with E-state index >= 15 is 0 Å². The van der Waals surface area contributed by atoms with E-state index in [1.165, 1.54) is 18.2 Å². The molecule has 0 unspecified atom stereocenters. The largest absolute Gasteiger partial charge is 0.478 e. The van der Waals surface area contributed by atoms with Crippen LogP contribution in [0.3, 0.4) is 0 Å². The zero-order valence-corrected chi connectivity index (χ0v) is 7.21. The molecule has 0 saturated carbocycles. The van der Waals surface area contributed by atoms with E-state index in [2.05, 4.69) is 5.32 Å². The summed E-state index contributed by atoms with van der Waals surface area (Å²) in [6, 6.07) is 4.20. The summed E-state index contributed by atoms with van der Waals surface area (Å²) in [5.41, 5.74) is 0.200. The molecule has 1 aromatic rings. The molecule has 0 atom stereocenters. The fraction of sp³-hybridized carbons (Fsp3) is 0. The van der Waals surface area contributed by atoms with E-state index in [1.807, 2.05) is 0 Å². The molecule has 13 heavy (non-hydrogen) atoms. The lowest BCUT2D eigenvalue weighted by molar-refractivity contribution is -0.105. The van der Waals surface area contributed by atoms with Crippen molar-refractivity contribution in [3.05, 3.63) is 28.8 Å². The fourth-order valence-electron chi connectivity index (χ4n) is 0.883. The van der Waals surface area contributed by atoms with Crippen LogP contribution in [-0.2, 0) is 4.79 Å². The lowest BCUT2D eigenvalue weighted by Crippen LogP contribution is -2.04. The molecule has 0 fully saturated rings. The maximum atomic E-state index is 10.6. The van der Waals surface area contributed by atoms with Crippen molar-refractivity contribution in [2.45, 2.75) is 0 Å². The number of carboxylic acids is 1. The van der Waals surface area contributed by atoms with Gasteiger partial charge in [0.2, 0.25) is 6.41 Å². The number of amides is 1. The first-order chi connectivity index (χ1) is 6.15. The molecule has 0 aliphatic heterocycles. The summed E-state index contributed by atoms with van der Waals surface area (Å²) in [6.45, 7) is 0. The quantitative estimate of drug-likeness (QED) is 0.727. The standard InChI is InChI=1S/C8H6ClNO3/c9-5-1-2-7(10-4-11)6(3-5)8(12)13/h1-4H,(H,10,11)(H,12,13). The number of carbonyl (C=O) groups is 2. The van der Waals surface area contributed by atoms with Crippen LogP contribution in [0.4, 0.5) is 5.69 Å². The SMILES string of the molecule is O=CNc1ccc(Cl)cc1C(=O)O. The Kier molecular flexibility index (Phi) is 2.87. The second kappa shape index (κ2) is 3.91. The number of benzene rings is 1. The van der Waals surface area contributed by atoms with Gasteiger partial charge in [0, 0.05) is 5.02 Å². The van der Waals surface area contributed by atoms with Crippen molar-refractivity contribution in [2.24, 2.45) is 0 Å². The van der Waals surface area contributed by atoms with Crippen LogP contribution in [0.5, 0.6) is 0 Å². The van der Waals surface area contributed by atoms with E-state index in [9.17, 15) is 9.59 Å². The number of carboxylic acid groups (broad SMARTS) is 1. The van der Waals surface area contributed by atoms with Crippen molar-refractivity contribution < 1.29 is 14.7 Å². The molecule has 0 bridgehead atoms. The second-order valence-electron chi connectivity index (χ2n) is 2.26. The van der Waals surface area contributed by atoms with Crippen molar-refractivity contribution in [1.82, 2.24) is 0 Å². The minimum atomic E-state index is -1.13. The molecule has 0 heterocycles. The van der Waals surface area contributed by atoms with Crippen molar-refractivity contribution in [3.8, 4) is 0 Å². The van der Waals surface area contributed by atoms with Gasteiger partial charge in [0.25, 0.3) is 0 Å². The summed E-state index contributed by atoms with van der Waals surface area (Å²) in [5, 5.41) is 11.3. The molecule has 4 nitrogen and oxygen atoms in total. The number of hydrogen-bond acceptors (Lipinski definition) is 2. The summed E-state index contributed by atoms with van der Waals surface area (Å²) in [6.07, 6.45) is 0.412. The molecule has 0 saturated heterocycles. The highest BCUT2D eigenvalue weighted by Crippen LogP contribution is 2.19. The van der Waals surface area contributed by atoms with Crippen LogP contribution in [0, 0.1) is 0 Å². The Labute approximate surface area is 79.1 Å². The topological polar surface area (TPSA) is 66.4 Å². The van der Waals surface area contributed by atoms with E-state index in [4.69, 9.17) is 16.7 Å². The van der Waals surface area contributed by atoms with Gasteiger partial charge in [0.15, 0.2) is 0 Å². The van der Waals surface area contributed by atoms with Gasteiger partial charge >= 0.3 is 5.97 Å². The van der Waals surface area contributed by atoms with Crippen LogP contribution in [0.15, 0.2) is 18.2 Å². The summed E-state index contributed by atoms with van der Waals surface area (Å²) in [4.78, 5) is 20.7. The first-order valence-electron chi connectivity index (χ1n) is 3.38. The molecule has 1 rings (SSSR count). The Morgan fingerprint density at radius 1 is 1.54 bits per heavy atom. The normalized spacial score (nSPS) is 9.31. The third-order valence-electron chi connectivity index (χ3n) is 1.43. The van der Waals surface area contributed by atoms with E-state index in [-0.39, 0.29) is 11.3 Å². The Morgan fingerprint density at radius 2 is 2.23 bits per heavy atom. The van der Waals surface area contributed by atoms with Gasteiger partial charge in [-0.2, -0.15) is 0 Å². The van der Waals surface area contributed by atoms with Gasteiger partial charge in [-0.15, -0.1) is 0 Å². The first-order valence-corrected chi connectivity index (χ1v) is 3.76. The third-order valence-corrected chi connectivity index (χ3v) is 1.66.